The van der Waals surface area contributed by atoms with Gasteiger partial charge in [-0.05, 0) is 17.7 Å². The first-order chi connectivity index (χ1) is 7.56. The molecule has 1 aromatic carbocycles. The molecule has 0 heterocycles. The van der Waals surface area contributed by atoms with Gasteiger partial charge in [0.2, 0.25) is 5.91 Å². The summed E-state index contributed by atoms with van der Waals surface area (Å²) in [7, 11) is 0. The average Bonchev–Trinajstić information content (AvgIpc) is 2.25. The third-order valence-corrected chi connectivity index (χ3v) is 2.45. The maximum absolute atomic E-state index is 11.4. The molecule has 84 valence electrons. The first-order valence-electron chi connectivity index (χ1n) is 4.90. The molecule has 0 spiro atoms. The lowest BCUT2D eigenvalue weighted by Gasteiger charge is -2.21. The van der Waals surface area contributed by atoms with E-state index >= 15 is 0 Å². The molecule has 0 saturated heterocycles. The average molecular weight is 236 g/mol. The second kappa shape index (κ2) is 5.52. The lowest BCUT2D eigenvalue weighted by Crippen LogP contribution is -2.26. The Balaban J connectivity index is 2.94. The Morgan fingerprint density at radius 2 is 2.00 bits per heavy atom. The van der Waals surface area contributed by atoms with Crippen molar-refractivity contribution in [2.45, 2.75) is 6.92 Å². The number of benzene rings is 1. The zero-order chi connectivity index (χ0) is 12.1. The van der Waals surface area contributed by atoms with Crippen LogP contribution in [0.15, 0.2) is 43.5 Å². The molecule has 0 N–H and O–H groups in total. The van der Waals surface area contributed by atoms with Gasteiger partial charge in [0.15, 0.2) is 0 Å². The van der Waals surface area contributed by atoms with Crippen molar-refractivity contribution in [1.29, 1.82) is 0 Å². The van der Waals surface area contributed by atoms with Gasteiger partial charge in [-0.1, -0.05) is 36.4 Å². The fraction of sp³-hybridized carbons (Fsp3) is 0.154. The van der Waals surface area contributed by atoms with Gasteiger partial charge in [0.1, 0.15) is 0 Å². The van der Waals surface area contributed by atoms with E-state index in [-0.39, 0.29) is 5.91 Å². The van der Waals surface area contributed by atoms with Crippen molar-refractivity contribution in [3.05, 3.63) is 54.1 Å². The molecule has 1 rings (SSSR count). The second-order valence-corrected chi connectivity index (χ2v) is 3.81. The maximum atomic E-state index is 11.4. The van der Waals surface area contributed by atoms with Crippen LogP contribution in [0.4, 0.5) is 0 Å². The summed E-state index contributed by atoms with van der Waals surface area (Å²) in [6.45, 7) is 9.49. The summed E-state index contributed by atoms with van der Waals surface area (Å²) < 4.78 is 0. The van der Waals surface area contributed by atoms with Gasteiger partial charge in [-0.25, -0.2) is 0 Å². The van der Waals surface area contributed by atoms with Gasteiger partial charge in [-0.15, -0.1) is 6.58 Å². The molecule has 2 nitrogen and oxygen atoms in total. The standard InChI is InChI=1S/C13H14ClNO/c1-4-9-15(11(3)16)10(2)12-5-7-13(14)8-6-12/h4-8H,1-2,9H2,3H3. The predicted octanol–water partition coefficient (Wildman–Crippen LogP) is 3.35. The number of rotatable bonds is 4. The summed E-state index contributed by atoms with van der Waals surface area (Å²) in [5.41, 5.74) is 1.53. The van der Waals surface area contributed by atoms with E-state index in [0.717, 1.165) is 5.56 Å². The van der Waals surface area contributed by atoms with Crippen LogP contribution in [0.5, 0.6) is 0 Å². The van der Waals surface area contributed by atoms with Crippen LogP contribution in [0.1, 0.15) is 12.5 Å². The van der Waals surface area contributed by atoms with E-state index < -0.39 is 0 Å². The monoisotopic (exact) mass is 235 g/mol. The van der Waals surface area contributed by atoms with Crippen molar-refractivity contribution < 1.29 is 4.79 Å². The van der Waals surface area contributed by atoms with Gasteiger partial charge in [0, 0.05) is 24.2 Å². The van der Waals surface area contributed by atoms with Crippen LogP contribution in [0.3, 0.4) is 0 Å². The molecule has 0 aliphatic carbocycles. The molecule has 0 atom stereocenters. The molecule has 1 amide bonds. The molecule has 16 heavy (non-hydrogen) atoms. The van der Waals surface area contributed by atoms with E-state index in [1.165, 1.54) is 6.92 Å². The van der Waals surface area contributed by atoms with Crippen molar-refractivity contribution in [3.63, 3.8) is 0 Å². The lowest BCUT2D eigenvalue weighted by atomic mass is 10.1. The van der Waals surface area contributed by atoms with Crippen molar-refractivity contribution in [2.75, 3.05) is 6.54 Å². The Labute approximate surface area is 101 Å². The summed E-state index contributed by atoms with van der Waals surface area (Å²) in [6.07, 6.45) is 1.67. The molecule has 0 aromatic heterocycles. The van der Waals surface area contributed by atoms with Gasteiger partial charge < -0.3 is 4.90 Å². The largest absolute Gasteiger partial charge is 0.309 e. The summed E-state index contributed by atoms with van der Waals surface area (Å²) >= 11 is 5.79. The van der Waals surface area contributed by atoms with E-state index in [4.69, 9.17) is 11.6 Å². The fourth-order valence-corrected chi connectivity index (χ4v) is 1.48. The number of halogens is 1. The highest BCUT2D eigenvalue weighted by atomic mass is 35.5. The number of amides is 1. The van der Waals surface area contributed by atoms with Crippen LogP contribution < -0.4 is 0 Å². The highest BCUT2D eigenvalue weighted by Gasteiger charge is 2.12. The third kappa shape index (κ3) is 2.97. The van der Waals surface area contributed by atoms with Gasteiger partial charge >= 0.3 is 0 Å². The number of carbonyl (C=O) groups excluding carboxylic acids is 1. The third-order valence-electron chi connectivity index (χ3n) is 2.20. The van der Waals surface area contributed by atoms with E-state index in [9.17, 15) is 4.79 Å². The molecule has 1 aromatic rings. The van der Waals surface area contributed by atoms with E-state index in [1.807, 2.05) is 12.1 Å². The van der Waals surface area contributed by atoms with Crippen molar-refractivity contribution in [2.24, 2.45) is 0 Å². The van der Waals surface area contributed by atoms with Crippen molar-refractivity contribution >= 4 is 23.2 Å². The van der Waals surface area contributed by atoms with E-state index in [0.29, 0.717) is 17.3 Å². The summed E-state index contributed by atoms with van der Waals surface area (Å²) in [5, 5.41) is 0.662. The quantitative estimate of drug-likeness (QED) is 0.733. The SMILES string of the molecule is C=CCN(C(=C)c1ccc(Cl)cc1)C(C)=O. The second-order valence-electron chi connectivity index (χ2n) is 3.37. The normalized spacial score (nSPS) is 9.62. The molecule has 0 aliphatic rings. The molecular formula is C13H14ClNO. The van der Waals surface area contributed by atoms with Crippen molar-refractivity contribution in [1.82, 2.24) is 4.90 Å². The number of hydrogen-bond donors (Lipinski definition) is 0. The maximum Gasteiger partial charge on any atom is 0.224 e. The van der Waals surface area contributed by atoms with Crippen LogP contribution in [0, 0.1) is 0 Å². The minimum Gasteiger partial charge on any atom is -0.309 e. The highest BCUT2D eigenvalue weighted by Crippen LogP contribution is 2.19. The molecule has 3 heteroatoms. The molecular weight excluding hydrogens is 222 g/mol. The molecule has 0 bridgehead atoms. The molecule has 0 unspecified atom stereocenters. The van der Waals surface area contributed by atoms with Crippen LogP contribution in [0.25, 0.3) is 5.70 Å². The Kier molecular flexibility index (Phi) is 4.32. The zero-order valence-electron chi connectivity index (χ0n) is 9.24. The lowest BCUT2D eigenvalue weighted by molar-refractivity contribution is -0.125. The Bertz CT molecular complexity index is 408. The van der Waals surface area contributed by atoms with Crippen LogP contribution in [-0.2, 0) is 4.79 Å². The Morgan fingerprint density at radius 3 is 2.44 bits per heavy atom. The van der Waals surface area contributed by atoms with Crippen molar-refractivity contribution in [3.8, 4) is 0 Å². The smallest absolute Gasteiger partial charge is 0.224 e. The summed E-state index contributed by atoms with van der Waals surface area (Å²) in [6, 6.07) is 7.22. The van der Waals surface area contributed by atoms with Gasteiger partial charge in [-0.2, -0.15) is 0 Å². The molecule has 0 radical (unpaired) electrons. The van der Waals surface area contributed by atoms with Gasteiger partial charge in [-0.3, -0.25) is 4.79 Å². The number of hydrogen-bond acceptors (Lipinski definition) is 1. The van der Waals surface area contributed by atoms with E-state index in [2.05, 4.69) is 13.2 Å². The molecule has 0 fully saturated rings. The topological polar surface area (TPSA) is 20.3 Å². The van der Waals surface area contributed by atoms with Gasteiger partial charge in [0.05, 0.1) is 0 Å². The first-order valence-corrected chi connectivity index (χ1v) is 5.28. The Hall–Kier alpha value is -1.54. The van der Waals surface area contributed by atoms with Crippen LogP contribution in [0.2, 0.25) is 5.02 Å². The minimum absolute atomic E-state index is 0.0557. The van der Waals surface area contributed by atoms with Gasteiger partial charge in [0.25, 0.3) is 0 Å². The molecule has 0 aliphatic heterocycles. The van der Waals surface area contributed by atoms with E-state index in [1.54, 1.807) is 23.1 Å². The van der Waals surface area contributed by atoms with Crippen LogP contribution in [-0.4, -0.2) is 17.4 Å². The number of nitrogens with zero attached hydrogens (tertiary/aromatic N) is 1. The number of carbonyl (C=O) groups is 1. The predicted molar refractivity (Wildman–Crippen MR) is 68.1 cm³/mol. The zero-order valence-corrected chi connectivity index (χ0v) is 10.00. The minimum atomic E-state index is -0.0557. The molecule has 0 saturated carbocycles. The highest BCUT2D eigenvalue weighted by molar-refractivity contribution is 6.30. The fourth-order valence-electron chi connectivity index (χ4n) is 1.36. The first kappa shape index (κ1) is 12.5. The Morgan fingerprint density at radius 1 is 1.44 bits per heavy atom. The summed E-state index contributed by atoms with van der Waals surface area (Å²) in [5.74, 6) is -0.0557. The summed E-state index contributed by atoms with van der Waals surface area (Å²) in [4.78, 5) is 13.0. The van der Waals surface area contributed by atoms with Crippen LogP contribution >= 0.6 is 11.6 Å².